The van der Waals surface area contributed by atoms with E-state index in [1.807, 2.05) is 0 Å². The summed E-state index contributed by atoms with van der Waals surface area (Å²) in [4.78, 5) is 21.1. The molecule has 0 atom stereocenters. The third kappa shape index (κ3) is 4.12. The largest absolute Gasteiger partial charge is 0.479 e. The summed E-state index contributed by atoms with van der Waals surface area (Å²) in [6.45, 7) is 4.88. The van der Waals surface area contributed by atoms with Gasteiger partial charge >= 0.3 is 0 Å². The van der Waals surface area contributed by atoms with E-state index < -0.39 is 11.4 Å². The van der Waals surface area contributed by atoms with E-state index in [1.54, 1.807) is 26.8 Å². The summed E-state index contributed by atoms with van der Waals surface area (Å²) in [6, 6.07) is 2.77. The second-order valence-corrected chi connectivity index (χ2v) is 6.58. The lowest BCUT2D eigenvalue weighted by Crippen LogP contribution is -2.19. The third-order valence-corrected chi connectivity index (χ3v) is 3.76. The van der Waals surface area contributed by atoms with Crippen LogP contribution in [0.25, 0.3) is 11.4 Å². The van der Waals surface area contributed by atoms with Crippen LogP contribution in [-0.4, -0.2) is 37.1 Å². The lowest BCUT2D eigenvalue weighted by Gasteiger charge is -2.19. The predicted octanol–water partition coefficient (Wildman–Crippen LogP) is 2.34. The predicted molar refractivity (Wildman–Crippen MR) is 101 cm³/mol. The number of nitrogens with one attached hydrogen (secondary N) is 1. The molecule has 0 aromatic carbocycles. The van der Waals surface area contributed by atoms with E-state index in [-0.39, 0.29) is 17.5 Å². The van der Waals surface area contributed by atoms with Gasteiger partial charge in [-0.05, 0) is 20.8 Å². The molecule has 0 spiro atoms. The van der Waals surface area contributed by atoms with Crippen molar-refractivity contribution in [3.8, 4) is 17.3 Å². The molecule has 0 amide bonds. The fourth-order valence-electron chi connectivity index (χ4n) is 2.45. The van der Waals surface area contributed by atoms with Gasteiger partial charge in [0.05, 0.1) is 36.6 Å². The molecule has 0 aliphatic heterocycles. The maximum Gasteiger partial charge on any atom is 0.250 e. The summed E-state index contributed by atoms with van der Waals surface area (Å²) in [7, 11) is 1.33. The average molecular weight is 385 g/mol. The number of hydrogen-bond acceptors (Lipinski definition) is 9. The Hall–Kier alpha value is -3.40. The quantitative estimate of drug-likeness (QED) is 0.605. The number of aromatic nitrogens is 5. The second kappa shape index (κ2) is 7.31. The molecule has 0 fully saturated rings. The summed E-state index contributed by atoms with van der Waals surface area (Å²) in [5.74, 6) is 0.261. The van der Waals surface area contributed by atoms with Gasteiger partial charge in [0.2, 0.25) is 5.88 Å². The monoisotopic (exact) mass is 385 g/mol. The van der Waals surface area contributed by atoms with Crippen LogP contribution in [0.15, 0.2) is 24.5 Å². The Morgan fingerprint density at radius 1 is 1.14 bits per heavy atom. The second-order valence-electron chi connectivity index (χ2n) is 6.58. The van der Waals surface area contributed by atoms with Crippen molar-refractivity contribution in [1.82, 2.24) is 24.9 Å². The van der Waals surface area contributed by atoms with Crippen LogP contribution in [0, 0.1) is 12.7 Å². The summed E-state index contributed by atoms with van der Waals surface area (Å²) in [5, 5.41) is 13.3. The van der Waals surface area contributed by atoms with Gasteiger partial charge in [0.15, 0.2) is 11.6 Å². The van der Waals surface area contributed by atoms with Gasteiger partial charge in [-0.2, -0.15) is 0 Å². The summed E-state index contributed by atoms with van der Waals surface area (Å²) in [6.07, 6.45) is 2.83. The zero-order valence-corrected chi connectivity index (χ0v) is 15.9. The highest BCUT2D eigenvalue weighted by molar-refractivity contribution is 5.74. The Bertz CT molecular complexity index is 1000. The van der Waals surface area contributed by atoms with Crippen molar-refractivity contribution < 1.29 is 14.2 Å². The number of hydrogen-bond donors (Lipinski definition) is 3. The van der Waals surface area contributed by atoms with Crippen molar-refractivity contribution in [2.24, 2.45) is 0 Å². The number of anilines is 3. The number of aliphatic hydroxyl groups is 1. The highest BCUT2D eigenvalue weighted by Crippen LogP contribution is 2.30. The molecule has 9 nitrogen and oxygen atoms in total. The van der Waals surface area contributed by atoms with E-state index in [0.717, 1.165) is 0 Å². The molecule has 0 unspecified atom stereocenters. The van der Waals surface area contributed by atoms with Crippen molar-refractivity contribution in [1.29, 1.82) is 0 Å². The molecule has 3 aromatic rings. The molecule has 0 radical (unpaired) electrons. The van der Waals surface area contributed by atoms with Gasteiger partial charge in [-0.15, -0.1) is 0 Å². The molecule has 0 saturated carbocycles. The Balaban J connectivity index is 2.11. The third-order valence-electron chi connectivity index (χ3n) is 3.76. The fraction of sp³-hybridized carbons (Fsp3) is 0.278. The molecular weight excluding hydrogens is 365 g/mol. The molecule has 3 heterocycles. The number of halogens is 1. The van der Waals surface area contributed by atoms with E-state index >= 15 is 0 Å². The van der Waals surface area contributed by atoms with Gasteiger partial charge in [0, 0.05) is 12.1 Å². The molecule has 0 saturated heterocycles. The van der Waals surface area contributed by atoms with E-state index in [4.69, 9.17) is 10.5 Å². The Morgan fingerprint density at radius 3 is 2.50 bits per heavy atom. The summed E-state index contributed by atoms with van der Waals surface area (Å²) in [5.41, 5.74) is 6.02. The number of pyridine rings is 1. The topological polar surface area (TPSA) is 132 Å². The van der Waals surface area contributed by atoms with Crippen LogP contribution in [-0.2, 0) is 5.60 Å². The van der Waals surface area contributed by atoms with Crippen LogP contribution in [0.4, 0.5) is 21.7 Å². The van der Waals surface area contributed by atoms with Crippen LogP contribution in [0.2, 0.25) is 0 Å². The number of ether oxygens (including phenoxy) is 1. The van der Waals surface area contributed by atoms with Crippen LogP contribution in [0.1, 0.15) is 25.4 Å². The SMILES string of the molecule is COc1ncc(Nc2ncc(C(C)(C)O)nc2-c2cc(N)nc(C)n2)cc1F. The highest BCUT2D eigenvalue weighted by atomic mass is 19.1. The number of nitrogens with zero attached hydrogens (tertiary/aromatic N) is 5. The minimum Gasteiger partial charge on any atom is -0.479 e. The summed E-state index contributed by atoms with van der Waals surface area (Å²) >= 11 is 0. The van der Waals surface area contributed by atoms with Crippen LogP contribution in [0.5, 0.6) is 5.88 Å². The minimum absolute atomic E-state index is 0.117. The van der Waals surface area contributed by atoms with Crippen LogP contribution >= 0.6 is 0 Å². The van der Waals surface area contributed by atoms with Crippen molar-refractivity contribution >= 4 is 17.3 Å². The van der Waals surface area contributed by atoms with Crippen molar-refractivity contribution in [2.45, 2.75) is 26.4 Å². The zero-order valence-electron chi connectivity index (χ0n) is 15.9. The molecule has 3 rings (SSSR count). The molecule has 146 valence electrons. The van der Waals surface area contributed by atoms with Crippen LogP contribution in [0.3, 0.4) is 0 Å². The number of rotatable bonds is 5. The summed E-state index contributed by atoms with van der Waals surface area (Å²) < 4.78 is 18.8. The fourth-order valence-corrected chi connectivity index (χ4v) is 2.45. The molecule has 4 N–H and O–H groups in total. The van der Waals surface area contributed by atoms with Crippen molar-refractivity contribution in [3.63, 3.8) is 0 Å². The first-order chi connectivity index (χ1) is 13.2. The first kappa shape index (κ1) is 19.4. The van der Waals surface area contributed by atoms with Gasteiger partial charge in [-0.1, -0.05) is 0 Å². The number of methoxy groups -OCH3 is 1. The van der Waals surface area contributed by atoms with Gasteiger partial charge in [-0.25, -0.2) is 29.3 Å². The lowest BCUT2D eigenvalue weighted by molar-refractivity contribution is 0.0736. The van der Waals surface area contributed by atoms with E-state index in [2.05, 4.69) is 30.2 Å². The van der Waals surface area contributed by atoms with E-state index in [0.29, 0.717) is 28.6 Å². The molecule has 0 aliphatic carbocycles. The Kier molecular flexibility index (Phi) is 5.06. The maximum absolute atomic E-state index is 14.0. The van der Waals surface area contributed by atoms with E-state index in [9.17, 15) is 9.50 Å². The van der Waals surface area contributed by atoms with Gasteiger partial charge in [-0.3, -0.25) is 0 Å². The van der Waals surface area contributed by atoms with Crippen LogP contribution < -0.4 is 15.8 Å². The minimum atomic E-state index is -1.22. The highest BCUT2D eigenvalue weighted by Gasteiger charge is 2.22. The van der Waals surface area contributed by atoms with Gasteiger partial charge < -0.3 is 20.9 Å². The maximum atomic E-state index is 14.0. The smallest absolute Gasteiger partial charge is 0.250 e. The Labute approximate surface area is 160 Å². The number of aryl methyl sites for hydroxylation is 1. The normalized spacial score (nSPS) is 11.4. The standard InChI is InChI=1S/C18H20FN7O2/c1-9-23-12(6-14(20)24-9)15-16(21-8-13(26-15)18(2,3)27)25-10-5-11(19)17(28-4)22-7-10/h5-8,27H,1-4H3,(H,21,25)(H2,20,23,24). The van der Waals surface area contributed by atoms with E-state index in [1.165, 1.54) is 25.6 Å². The molecule has 3 aromatic heterocycles. The van der Waals surface area contributed by atoms with Crippen molar-refractivity contribution in [3.05, 3.63) is 41.9 Å². The van der Waals surface area contributed by atoms with Gasteiger partial charge in [0.1, 0.15) is 22.9 Å². The molecule has 10 heteroatoms. The average Bonchev–Trinajstić information content (AvgIpc) is 2.60. The van der Waals surface area contributed by atoms with Crippen molar-refractivity contribution in [2.75, 3.05) is 18.2 Å². The molecule has 0 bridgehead atoms. The molecule has 0 aliphatic rings. The molecular formula is C18H20FN7O2. The first-order valence-electron chi connectivity index (χ1n) is 8.35. The number of nitrogen functional groups attached to an aromatic ring is 1. The zero-order chi connectivity index (χ0) is 20.5. The Morgan fingerprint density at radius 2 is 1.89 bits per heavy atom. The molecule has 28 heavy (non-hydrogen) atoms. The first-order valence-corrected chi connectivity index (χ1v) is 8.35. The lowest BCUT2D eigenvalue weighted by atomic mass is 10.1. The number of nitrogens with two attached hydrogens (primary N) is 1. The van der Waals surface area contributed by atoms with Gasteiger partial charge in [0.25, 0.3) is 0 Å².